The quantitative estimate of drug-likeness (QED) is 0.749. The van der Waals surface area contributed by atoms with Crippen LogP contribution in [0.25, 0.3) is 0 Å². The molecular formula is C10H16F4N2O. The molecule has 1 aliphatic carbocycles. The maximum absolute atomic E-state index is 13.0. The number of hydrogen-bond acceptors (Lipinski definition) is 2. The SMILES string of the molecule is NCC(F)(F)CNC(=O)C1CCCC(F)(F)C1. The Morgan fingerprint density at radius 2 is 2.12 bits per heavy atom. The molecule has 7 heteroatoms. The van der Waals surface area contributed by atoms with Crippen molar-refractivity contribution >= 4 is 5.91 Å². The van der Waals surface area contributed by atoms with Gasteiger partial charge in [-0.15, -0.1) is 0 Å². The topological polar surface area (TPSA) is 55.1 Å². The smallest absolute Gasteiger partial charge is 0.277 e. The van der Waals surface area contributed by atoms with Crippen molar-refractivity contribution in [1.82, 2.24) is 5.32 Å². The van der Waals surface area contributed by atoms with Gasteiger partial charge >= 0.3 is 0 Å². The Hall–Kier alpha value is -0.850. The molecule has 1 amide bonds. The van der Waals surface area contributed by atoms with Crippen LogP contribution in [0, 0.1) is 5.92 Å². The number of nitrogens with one attached hydrogen (secondary N) is 1. The highest BCUT2D eigenvalue weighted by molar-refractivity contribution is 5.78. The molecule has 1 atom stereocenters. The molecule has 1 rings (SSSR count). The summed E-state index contributed by atoms with van der Waals surface area (Å²) in [4.78, 5) is 11.4. The third-order valence-electron chi connectivity index (χ3n) is 2.83. The van der Waals surface area contributed by atoms with Crippen LogP contribution in [0.5, 0.6) is 0 Å². The summed E-state index contributed by atoms with van der Waals surface area (Å²) in [6, 6.07) is 0. The fraction of sp³-hybridized carbons (Fsp3) is 0.900. The predicted molar refractivity (Wildman–Crippen MR) is 53.9 cm³/mol. The second-order valence-electron chi connectivity index (χ2n) is 4.43. The monoisotopic (exact) mass is 256 g/mol. The minimum absolute atomic E-state index is 0.234. The highest BCUT2D eigenvalue weighted by Crippen LogP contribution is 2.36. The predicted octanol–water partition coefficient (Wildman–Crippen LogP) is 1.52. The summed E-state index contributed by atoms with van der Waals surface area (Å²) in [5.74, 6) is -7.67. The zero-order chi connectivity index (χ0) is 13.1. The lowest BCUT2D eigenvalue weighted by Crippen LogP contribution is -2.45. The zero-order valence-electron chi connectivity index (χ0n) is 9.32. The van der Waals surface area contributed by atoms with Crippen LogP contribution in [0.3, 0.4) is 0 Å². The lowest BCUT2D eigenvalue weighted by molar-refractivity contribution is -0.133. The molecule has 0 aliphatic heterocycles. The van der Waals surface area contributed by atoms with Crippen LogP contribution < -0.4 is 11.1 Å². The van der Waals surface area contributed by atoms with Gasteiger partial charge in [-0.2, -0.15) is 0 Å². The molecule has 1 aliphatic rings. The molecule has 17 heavy (non-hydrogen) atoms. The van der Waals surface area contributed by atoms with E-state index in [1.165, 1.54) is 0 Å². The molecule has 0 aromatic rings. The highest BCUT2D eigenvalue weighted by atomic mass is 19.3. The standard InChI is InChI=1S/C10H16F4N2O/c11-9(12)3-1-2-7(4-9)8(17)16-6-10(13,14)5-15/h7H,1-6,15H2,(H,16,17). The molecule has 0 heterocycles. The van der Waals surface area contributed by atoms with Crippen molar-refractivity contribution in [2.45, 2.75) is 37.5 Å². The third-order valence-corrected chi connectivity index (χ3v) is 2.83. The van der Waals surface area contributed by atoms with Crippen LogP contribution in [0.2, 0.25) is 0 Å². The maximum Gasteiger partial charge on any atom is 0.277 e. The fourth-order valence-electron chi connectivity index (χ4n) is 1.83. The van der Waals surface area contributed by atoms with E-state index in [2.05, 4.69) is 0 Å². The molecular weight excluding hydrogens is 240 g/mol. The minimum atomic E-state index is -3.19. The van der Waals surface area contributed by atoms with Gasteiger partial charge < -0.3 is 11.1 Å². The minimum Gasteiger partial charge on any atom is -0.350 e. The van der Waals surface area contributed by atoms with Gasteiger partial charge in [0.25, 0.3) is 5.92 Å². The van der Waals surface area contributed by atoms with Gasteiger partial charge in [0.2, 0.25) is 11.8 Å². The first kappa shape index (κ1) is 14.2. The van der Waals surface area contributed by atoms with Gasteiger partial charge in [-0.3, -0.25) is 4.79 Å². The Morgan fingerprint density at radius 1 is 1.47 bits per heavy atom. The fourth-order valence-corrected chi connectivity index (χ4v) is 1.83. The van der Waals surface area contributed by atoms with Gasteiger partial charge in [-0.1, -0.05) is 0 Å². The van der Waals surface area contributed by atoms with Gasteiger partial charge in [-0.05, 0) is 12.8 Å². The average Bonchev–Trinajstić information content (AvgIpc) is 2.24. The van der Waals surface area contributed by atoms with E-state index in [-0.39, 0.29) is 12.8 Å². The van der Waals surface area contributed by atoms with Crippen LogP contribution in [-0.2, 0) is 4.79 Å². The molecule has 0 bridgehead atoms. The van der Waals surface area contributed by atoms with Crippen molar-refractivity contribution in [3.63, 3.8) is 0 Å². The van der Waals surface area contributed by atoms with E-state index in [1.54, 1.807) is 0 Å². The number of hydrogen-bond donors (Lipinski definition) is 2. The largest absolute Gasteiger partial charge is 0.350 e. The first-order valence-corrected chi connectivity index (χ1v) is 5.49. The van der Waals surface area contributed by atoms with Crippen molar-refractivity contribution in [3.05, 3.63) is 0 Å². The van der Waals surface area contributed by atoms with Crippen LogP contribution >= 0.6 is 0 Å². The van der Waals surface area contributed by atoms with Gasteiger partial charge in [0.1, 0.15) is 0 Å². The lowest BCUT2D eigenvalue weighted by atomic mass is 9.86. The number of carbonyl (C=O) groups excluding carboxylic acids is 1. The van der Waals surface area contributed by atoms with Gasteiger partial charge in [0, 0.05) is 18.8 Å². The van der Waals surface area contributed by atoms with E-state index in [1.807, 2.05) is 5.32 Å². The Morgan fingerprint density at radius 3 is 2.65 bits per heavy atom. The summed E-state index contributed by atoms with van der Waals surface area (Å²) in [5.41, 5.74) is 4.79. The van der Waals surface area contributed by atoms with E-state index in [0.717, 1.165) is 0 Å². The van der Waals surface area contributed by atoms with Crippen molar-refractivity contribution in [2.75, 3.05) is 13.1 Å². The summed E-state index contributed by atoms with van der Waals surface area (Å²) in [7, 11) is 0. The second kappa shape index (κ2) is 5.20. The Labute approximate surface area is 96.7 Å². The molecule has 1 unspecified atom stereocenters. The van der Waals surface area contributed by atoms with Crippen LogP contribution in [-0.4, -0.2) is 30.8 Å². The number of amides is 1. The molecule has 3 nitrogen and oxygen atoms in total. The molecule has 0 spiro atoms. The molecule has 0 aromatic carbocycles. The highest BCUT2D eigenvalue weighted by Gasteiger charge is 2.39. The summed E-state index contributed by atoms with van der Waals surface area (Å²) >= 11 is 0. The van der Waals surface area contributed by atoms with Crippen molar-refractivity contribution in [1.29, 1.82) is 0 Å². The molecule has 100 valence electrons. The summed E-state index contributed by atoms with van der Waals surface area (Å²) in [5, 5.41) is 1.98. The van der Waals surface area contributed by atoms with E-state index >= 15 is 0 Å². The van der Waals surface area contributed by atoms with E-state index in [4.69, 9.17) is 5.73 Å². The van der Waals surface area contributed by atoms with Crippen LogP contribution in [0.1, 0.15) is 25.7 Å². The summed E-state index contributed by atoms with van der Waals surface area (Å²) in [6.07, 6.45) is -0.253. The number of nitrogens with two attached hydrogens (primary N) is 1. The van der Waals surface area contributed by atoms with E-state index in [9.17, 15) is 22.4 Å². The number of carbonyl (C=O) groups is 1. The van der Waals surface area contributed by atoms with Gasteiger partial charge in [0.15, 0.2) is 0 Å². The molecule has 1 saturated carbocycles. The molecule has 3 N–H and O–H groups in total. The van der Waals surface area contributed by atoms with E-state index in [0.29, 0.717) is 6.42 Å². The maximum atomic E-state index is 13.0. The van der Waals surface area contributed by atoms with Crippen LogP contribution in [0.15, 0.2) is 0 Å². The van der Waals surface area contributed by atoms with Gasteiger partial charge in [0.05, 0.1) is 13.1 Å². The Balaban J connectivity index is 2.43. The van der Waals surface area contributed by atoms with Gasteiger partial charge in [-0.25, -0.2) is 17.6 Å². The molecule has 0 aromatic heterocycles. The first-order valence-electron chi connectivity index (χ1n) is 5.49. The normalized spacial score (nSPS) is 24.4. The number of halogens is 4. The van der Waals surface area contributed by atoms with Crippen LogP contribution in [0.4, 0.5) is 17.6 Å². The van der Waals surface area contributed by atoms with Crippen molar-refractivity contribution < 1.29 is 22.4 Å². The number of rotatable bonds is 4. The lowest BCUT2D eigenvalue weighted by Gasteiger charge is -2.28. The zero-order valence-corrected chi connectivity index (χ0v) is 9.32. The van der Waals surface area contributed by atoms with Crippen molar-refractivity contribution in [3.8, 4) is 0 Å². The molecule has 1 fully saturated rings. The molecule has 0 radical (unpaired) electrons. The van der Waals surface area contributed by atoms with Crippen molar-refractivity contribution in [2.24, 2.45) is 11.7 Å². The Bertz CT molecular complexity index is 283. The summed E-state index contributed by atoms with van der Waals surface area (Å²) < 4.78 is 51.5. The molecule has 0 saturated heterocycles. The summed E-state index contributed by atoms with van der Waals surface area (Å²) in [6.45, 7) is -1.78. The van der Waals surface area contributed by atoms with E-state index < -0.39 is 43.2 Å². The average molecular weight is 256 g/mol. The second-order valence-corrected chi connectivity index (χ2v) is 4.43. The number of alkyl halides is 4. The first-order chi connectivity index (χ1) is 7.76. The Kier molecular flexibility index (Phi) is 4.35. The third kappa shape index (κ3) is 4.49.